The molecule has 0 radical (unpaired) electrons. The molecule has 1 N–H and O–H groups in total. The molecule has 1 aromatic heterocycles. The molecule has 0 bridgehead atoms. The van der Waals surface area contributed by atoms with E-state index in [4.69, 9.17) is 4.74 Å². The van der Waals surface area contributed by atoms with Crippen molar-refractivity contribution in [3.05, 3.63) is 46.4 Å². The van der Waals surface area contributed by atoms with Gasteiger partial charge in [-0.05, 0) is 37.0 Å². The monoisotopic (exact) mass is 332 g/mol. The quantitative estimate of drug-likeness (QED) is 0.676. The van der Waals surface area contributed by atoms with E-state index in [1.54, 1.807) is 16.8 Å². The van der Waals surface area contributed by atoms with Crippen LogP contribution in [0.2, 0.25) is 0 Å². The number of ether oxygens (including phenoxy) is 1. The summed E-state index contributed by atoms with van der Waals surface area (Å²) in [6.07, 6.45) is 6.16. The van der Waals surface area contributed by atoms with Gasteiger partial charge < -0.3 is 10.1 Å². The molecule has 5 heteroatoms. The predicted molar refractivity (Wildman–Crippen MR) is 94.0 cm³/mol. The van der Waals surface area contributed by atoms with Crippen LogP contribution < -0.4 is 10.1 Å². The zero-order valence-electron chi connectivity index (χ0n) is 13.6. The smallest absolute Gasteiger partial charge is 0.220 e. The van der Waals surface area contributed by atoms with Crippen molar-refractivity contribution in [3.8, 4) is 5.75 Å². The van der Waals surface area contributed by atoms with Crippen LogP contribution in [0.1, 0.15) is 36.6 Å². The molecule has 0 fully saturated rings. The summed E-state index contributed by atoms with van der Waals surface area (Å²) >= 11 is 1.59. The lowest BCUT2D eigenvalue weighted by molar-refractivity contribution is -0.121. The molecule has 2 rings (SSSR count). The SMILES string of the molecule is CCCCOc1ccc(CCNC(=O)CCc2cncs2)cc1. The summed E-state index contributed by atoms with van der Waals surface area (Å²) in [5, 5.41) is 2.96. The highest BCUT2D eigenvalue weighted by atomic mass is 32.1. The second-order valence-electron chi connectivity index (χ2n) is 5.41. The molecule has 1 amide bonds. The summed E-state index contributed by atoms with van der Waals surface area (Å²) in [4.78, 5) is 16.9. The fourth-order valence-electron chi connectivity index (χ4n) is 2.12. The van der Waals surface area contributed by atoms with E-state index in [0.717, 1.165) is 42.9 Å². The van der Waals surface area contributed by atoms with E-state index in [1.165, 1.54) is 5.56 Å². The van der Waals surface area contributed by atoms with Gasteiger partial charge in [0.2, 0.25) is 5.91 Å². The highest BCUT2D eigenvalue weighted by Crippen LogP contribution is 2.13. The molecular formula is C18H24N2O2S. The first-order valence-electron chi connectivity index (χ1n) is 8.13. The number of thiazole rings is 1. The van der Waals surface area contributed by atoms with E-state index >= 15 is 0 Å². The highest BCUT2D eigenvalue weighted by molar-refractivity contribution is 7.09. The number of hydrogen-bond donors (Lipinski definition) is 1. The number of carbonyl (C=O) groups is 1. The Hall–Kier alpha value is -1.88. The summed E-state index contributed by atoms with van der Waals surface area (Å²) in [5.74, 6) is 1.01. The number of unbranched alkanes of at least 4 members (excludes halogenated alkanes) is 1. The Morgan fingerprint density at radius 3 is 2.78 bits per heavy atom. The second kappa shape index (κ2) is 10.0. The second-order valence-corrected chi connectivity index (χ2v) is 6.38. The van der Waals surface area contributed by atoms with Gasteiger partial charge in [-0.3, -0.25) is 9.78 Å². The number of hydrogen-bond acceptors (Lipinski definition) is 4. The minimum absolute atomic E-state index is 0.0953. The van der Waals surface area contributed by atoms with Gasteiger partial charge in [-0.2, -0.15) is 0 Å². The number of aromatic nitrogens is 1. The maximum absolute atomic E-state index is 11.8. The van der Waals surface area contributed by atoms with Crippen molar-refractivity contribution in [2.75, 3.05) is 13.2 Å². The average molecular weight is 332 g/mol. The third kappa shape index (κ3) is 6.82. The zero-order valence-corrected chi connectivity index (χ0v) is 14.4. The first-order valence-corrected chi connectivity index (χ1v) is 9.01. The van der Waals surface area contributed by atoms with E-state index in [0.29, 0.717) is 13.0 Å². The molecule has 23 heavy (non-hydrogen) atoms. The van der Waals surface area contributed by atoms with Crippen molar-refractivity contribution in [3.63, 3.8) is 0 Å². The van der Waals surface area contributed by atoms with Gasteiger partial charge in [0.15, 0.2) is 0 Å². The largest absolute Gasteiger partial charge is 0.494 e. The maximum Gasteiger partial charge on any atom is 0.220 e. The van der Waals surface area contributed by atoms with Crippen LogP contribution in [0.15, 0.2) is 36.0 Å². The van der Waals surface area contributed by atoms with E-state index in [2.05, 4.69) is 29.4 Å². The van der Waals surface area contributed by atoms with Crippen LogP contribution in [0.5, 0.6) is 5.75 Å². The molecular weight excluding hydrogens is 308 g/mol. The number of nitrogens with one attached hydrogen (secondary N) is 1. The molecule has 0 saturated carbocycles. The van der Waals surface area contributed by atoms with Crippen molar-refractivity contribution < 1.29 is 9.53 Å². The Balaban J connectivity index is 1.62. The summed E-state index contributed by atoms with van der Waals surface area (Å²) in [6, 6.07) is 8.11. The van der Waals surface area contributed by atoms with E-state index in [-0.39, 0.29) is 5.91 Å². The number of carbonyl (C=O) groups excluding carboxylic acids is 1. The van der Waals surface area contributed by atoms with Crippen molar-refractivity contribution in [2.45, 2.75) is 39.0 Å². The minimum Gasteiger partial charge on any atom is -0.494 e. The van der Waals surface area contributed by atoms with Crippen molar-refractivity contribution >= 4 is 17.2 Å². The van der Waals surface area contributed by atoms with E-state index in [1.807, 2.05) is 18.3 Å². The Morgan fingerprint density at radius 2 is 2.09 bits per heavy atom. The Morgan fingerprint density at radius 1 is 1.26 bits per heavy atom. The highest BCUT2D eigenvalue weighted by Gasteiger charge is 2.03. The number of rotatable bonds is 10. The number of aryl methyl sites for hydroxylation is 1. The van der Waals surface area contributed by atoms with Gasteiger partial charge in [0.25, 0.3) is 0 Å². The Kier molecular flexibility index (Phi) is 7.60. The van der Waals surface area contributed by atoms with Gasteiger partial charge in [-0.1, -0.05) is 25.5 Å². The Labute approximate surface area is 141 Å². The Bertz CT molecular complexity index is 567. The summed E-state index contributed by atoms with van der Waals surface area (Å²) in [6.45, 7) is 3.58. The first-order chi connectivity index (χ1) is 11.3. The molecule has 0 aliphatic rings. The van der Waals surface area contributed by atoms with Crippen molar-refractivity contribution in [1.82, 2.24) is 10.3 Å². The topological polar surface area (TPSA) is 51.2 Å². The molecule has 0 saturated heterocycles. The zero-order chi connectivity index (χ0) is 16.3. The van der Waals surface area contributed by atoms with Crippen LogP contribution in [0.3, 0.4) is 0 Å². The third-order valence-electron chi connectivity index (χ3n) is 3.51. The molecule has 0 atom stereocenters. The number of amides is 1. The van der Waals surface area contributed by atoms with Crippen LogP contribution in [0.25, 0.3) is 0 Å². The molecule has 0 unspecified atom stereocenters. The standard InChI is InChI=1S/C18H24N2O2S/c1-2-3-12-22-16-6-4-15(5-7-16)10-11-20-18(21)9-8-17-13-19-14-23-17/h4-7,13-14H,2-3,8-12H2,1H3,(H,20,21). The van der Waals surface area contributed by atoms with Crippen LogP contribution in [0.4, 0.5) is 0 Å². The van der Waals surface area contributed by atoms with E-state index in [9.17, 15) is 4.79 Å². The van der Waals surface area contributed by atoms with Crippen LogP contribution in [0, 0.1) is 0 Å². The molecule has 0 spiro atoms. The lowest BCUT2D eigenvalue weighted by Gasteiger charge is -2.07. The summed E-state index contributed by atoms with van der Waals surface area (Å²) in [7, 11) is 0. The fourth-order valence-corrected chi connectivity index (χ4v) is 2.72. The van der Waals surface area contributed by atoms with Crippen LogP contribution in [-0.4, -0.2) is 24.0 Å². The fraction of sp³-hybridized carbons (Fsp3) is 0.444. The van der Waals surface area contributed by atoms with Gasteiger partial charge in [-0.15, -0.1) is 11.3 Å². The summed E-state index contributed by atoms with van der Waals surface area (Å²) in [5.41, 5.74) is 3.00. The van der Waals surface area contributed by atoms with Gasteiger partial charge >= 0.3 is 0 Å². The van der Waals surface area contributed by atoms with Crippen LogP contribution >= 0.6 is 11.3 Å². The molecule has 1 aromatic carbocycles. The van der Waals surface area contributed by atoms with Gasteiger partial charge in [0.05, 0.1) is 12.1 Å². The normalized spacial score (nSPS) is 10.5. The molecule has 124 valence electrons. The van der Waals surface area contributed by atoms with Crippen LogP contribution in [-0.2, 0) is 17.6 Å². The lowest BCUT2D eigenvalue weighted by Crippen LogP contribution is -2.25. The average Bonchev–Trinajstić information content (AvgIpc) is 3.08. The predicted octanol–water partition coefficient (Wildman–Crippen LogP) is 3.61. The molecule has 0 aliphatic carbocycles. The molecule has 4 nitrogen and oxygen atoms in total. The van der Waals surface area contributed by atoms with Gasteiger partial charge in [-0.25, -0.2) is 0 Å². The third-order valence-corrected chi connectivity index (χ3v) is 4.35. The van der Waals surface area contributed by atoms with Crippen molar-refractivity contribution in [1.29, 1.82) is 0 Å². The lowest BCUT2D eigenvalue weighted by atomic mass is 10.1. The number of nitrogens with zero attached hydrogens (tertiary/aromatic N) is 1. The molecule has 2 aromatic rings. The van der Waals surface area contributed by atoms with Gasteiger partial charge in [0.1, 0.15) is 5.75 Å². The van der Waals surface area contributed by atoms with E-state index < -0.39 is 0 Å². The number of benzene rings is 1. The minimum atomic E-state index is 0.0953. The summed E-state index contributed by atoms with van der Waals surface area (Å²) < 4.78 is 5.64. The molecule has 0 aliphatic heterocycles. The molecule has 1 heterocycles. The first kappa shape index (κ1) is 17.5. The van der Waals surface area contributed by atoms with Gasteiger partial charge in [0, 0.05) is 24.0 Å². The van der Waals surface area contributed by atoms with Crippen molar-refractivity contribution in [2.24, 2.45) is 0 Å². The maximum atomic E-state index is 11.8.